The first-order chi connectivity index (χ1) is 12.6. The second-order valence-corrected chi connectivity index (χ2v) is 6.21. The van der Waals surface area contributed by atoms with Crippen LogP contribution in [0.15, 0.2) is 42.6 Å². The highest BCUT2D eigenvalue weighted by atomic mass is 16.5. The molecule has 7 heteroatoms. The zero-order valence-electron chi connectivity index (χ0n) is 14.6. The molecule has 1 aliphatic rings. The van der Waals surface area contributed by atoms with Crippen molar-refractivity contribution in [3.63, 3.8) is 0 Å². The van der Waals surface area contributed by atoms with Crippen LogP contribution in [0.3, 0.4) is 0 Å². The highest BCUT2D eigenvalue weighted by Gasteiger charge is 2.29. The lowest BCUT2D eigenvalue weighted by Crippen LogP contribution is -2.34. The predicted molar refractivity (Wildman–Crippen MR) is 97.7 cm³/mol. The number of aromatic nitrogens is 1. The molecule has 0 bridgehead atoms. The van der Waals surface area contributed by atoms with Crippen molar-refractivity contribution < 1.29 is 14.3 Å². The molecule has 0 aliphatic heterocycles. The Morgan fingerprint density at radius 3 is 2.54 bits per heavy atom. The van der Waals surface area contributed by atoms with E-state index in [1.165, 1.54) is 0 Å². The molecule has 2 aromatic rings. The van der Waals surface area contributed by atoms with Gasteiger partial charge in [-0.2, -0.15) is 0 Å². The molecule has 7 nitrogen and oxygen atoms in total. The molecule has 0 radical (unpaired) electrons. The summed E-state index contributed by atoms with van der Waals surface area (Å²) in [4.78, 5) is 27.8. The van der Waals surface area contributed by atoms with Gasteiger partial charge in [-0.05, 0) is 42.2 Å². The first kappa shape index (κ1) is 17.7. The molecule has 0 spiro atoms. The lowest BCUT2D eigenvalue weighted by atomic mass is 10.2. The van der Waals surface area contributed by atoms with Crippen molar-refractivity contribution in [2.45, 2.75) is 25.9 Å². The number of methoxy groups -OCH3 is 1. The quantitative estimate of drug-likeness (QED) is 0.712. The minimum absolute atomic E-state index is 0.0700. The molecule has 3 rings (SSSR count). The van der Waals surface area contributed by atoms with Gasteiger partial charge in [0.25, 0.3) is 0 Å². The van der Waals surface area contributed by atoms with E-state index in [9.17, 15) is 9.59 Å². The third-order valence-electron chi connectivity index (χ3n) is 4.06. The van der Waals surface area contributed by atoms with Gasteiger partial charge in [0.15, 0.2) is 0 Å². The molecule has 1 aromatic carbocycles. The number of carbonyl (C=O) groups excluding carboxylic acids is 2. The topological polar surface area (TPSA) is 92.4 Å². The zero-order valence-corrected chi connectivity index (χ0v) is 14.6. The maximum absolute atomic E-state index is 12.0. The Bertz CT molecular complexity index is 790. The van der Waals surface area contributed by atoms with Crippen LogP contribution in [0.25, 0.3) is 0 Å². The summed E-state index contributed by atoms with van der Waals surface area (Å²) in [6.45, 7) is 0.751. The monoisotopic (exact) mass is 354 g/mol. The Morgan fingerprint density at radius 2 is 1.85 bits per heavy atom. The minimum Gasteiger partial charge on any atom is -0.481 e. The van der Waals surface area contributed by atoms with Crippen LogP contribution in [0.5, 0.6) is 5.88 Å². The Balaban J connectivity index is 1.45. The third kappa shape index (κ3) is 5.20. The summed E-state index contributed by atoms with van der Waals surface area (Å²) in [5.74, 6) is 0.741. The van der Waals surface area contributed by atoms with Gasteiger partial charge in [-0.3, -0.25) is 4.79 Å². The predicted octanol–water partition coefficient (Wildman–Crippen LogP) is 2.44. The van der Waals surface area contributed by atoms with Crippen molar-refractivity contribution in [1.82, 2.24) is 15.6 Å². The van der Waals surface area contributed by atoms with Crippen molar-refractivity contribution >= 4 is 17.6 Å². The number of carbonyl (C=O) groups is 2. The van der Waals surface area contributed by atoms with Gasteiger partial charge in [0.05, 0.1) is 7.11 Å². The number of anilines is 1. The molecule has 1 saturated carbocycles. The highest BCUT2D eigenvalue weighted by molar-refractivity contribution is 5.94. The van der Waals surface area contributed by atoms with Gasteiger partial charge in [0.2, 0.25) is 11.8 Å². The van der Waals surface area contributed by atoms with Crippen LogP contribution in [0.4, 0.5) is 10.5 Å². The van der Waals surface area contributed by atoms with Crippen molar-refractivity contribution in [2.75, 3.05) is 12.4 Å². The number of nitrogens with one attached hydrogen (secondary N) is 3. The van der Waals surface area contributed by atoms with Crippen LogP contribution >= 0.6 is 0 Å². The Labute approximate surface area is 152 Å². The molecule has 1 fully saturated rings. The van der Waals surface area contributed by atoms with Gasteiger partial charge >= 0.3 is 6.03 Å². The molecular weight excluding hydrogens is 332 g/mol. The van der Waals surface area contributed by atoms with E-state index >= 15 is 0 Å². The first-order valence-electron chi connectivity index (χ1n) is 8.54. The smallest absolute Gasteiger partial charge is 0.315 e. The first-order valence-corrected chi connectivity index (χ1v) is 8.54. The van der Waals surface area contributed by atoms with E-state index < -0.39 is 0 Å². The van der Waals surface area contributed by atoms with E-state index in [-0.39, 0.29) is 17.9 Å². The lowest BCUT2D eigenvalue weighted by Gasteiger charge is -2.10. The fourth-order valence-electron chi connectivity index (χ4n) is 2.45. The molecule has 26 heavy (non-hydrogen) atoms. The van der Waals surface area contributed by atoms with Gasteiger partial charge in [-0.1, -0.05) is 12.1 Å². The molecule has 0 saturated heterocycles. The van der Waals surface area contributed by atoms with E-state index in [1.54, 1.807) is 19.4 Å². The van der Waals surface area contributed by atoms with Gasteiger partial charge in [0.1, 0.15) is 0 Å². The second-order valence-electron chi connectivity index (χ2n) is 6.21. The average molecular weight is 354 g/mol. The summed E-state index contributed by atoms with van der Waals surface area (Å²) in [5.41, 5.74) is 2.57. The molecule has 136 valence electrons. The highest BCUT2D eigenvalue weighted by Crippen LogP contribution is 2.30. The summed E-state index contributed by atoms with van der Waals surface area (Å²) in [7, 11) is 1.55. The number of amides is 3. The Kier molecular flexibility index (Phi) is 5.68. The largest absolute Gasteiger partial charge is 0.481 e. The number of hydrogen-bond acceptors (Lipinski definition) is 4. The SMILES string of the molecule is COc1cc(CNC(=O)NCc2cccc(NC(=O)C3CC3)c2)ccn1. The van der Waals surface area contributed by atoms with Gasteiger partial charge in [-0.25, -0.2) is 9.78 Å². The third-order valence-corrected chi connectivity index (χ3v) is 4.06. The molecule has 0 atom stereocenters. The minimum atomic E-state index is -0.270. The van der Waals surface area contributed by atoms with E-state index in [0.717, 1.165) is 29.7 Å². The Morgan fingerprint density at radius 1 is 1.12 bits per heavy atom. The maximum Gasteiger partial charge on any atom is 0.315 e. The van der Waals surface area contributed by atoms with Crippen molar-refractivity contribution in [1.29, 1.82) is 0 Å². The fourth-order valence-corrected chi connectivity index (χ4v) is 2.45. The number of nitrogens with zero attached hydrogens (tertiary/aromatic N) is 1. The van der Waals surface area contributed by atoms with E-state index in [2.05, 4.69) is 20.9 Å². The van der Waals surface area contributed by atoms with Crippen LogP contribution in [-0.4, -0.2) is 24.0 Å². The summed E-state index contributed by atoms with van der Waals surface area (Å²) >= 11 is 0. The molecule has 1 heterocycles. The number of urea groups is 1. The number of hydrogen-bond donors (Lipinski definition) is 3. The van der Waals surface area contributed by atoms with Crippen molar-refractivity contribution in [3.05, 3.63) is 53.7 Å². The molecule has 1 aliphatic carbocycles. The molecule has 1 aromatic heterocycles. The van der Waals surface area contributed by atoms with Crippen molar-refractivity contribution in [3.8, 4) is 5.88 Å². The number of rotatable bonds is 7. The molecule has 0 unspecified atom stereocenters. The summed E-state index contributed by atoms with van der Waals surface area (Å²) in [6, 6.07) is 10.8. The van der Waals surface area contributed by atoms with E-state index in [4.69, 9.17) is 4.74 Å². The molecule has 3 amide bonds. The van der Waals surface area contributed by atoms with Crippen LogP contribution in [0, 0.1) is 5.92 Å². The number of benzene rings is 1. The van der Waals surface area contributed by atoms with Crippen LogP contribution in [0.2, 0.25) is 0 Å². The number of pyridine rings is 1. The van der Waals surface area contributed by atoms with Crippen molar-refractivity contribution in [2.24, 2.45) is 5.92 Å². The van der Waals surface area contributed by atoms with Crippen LogP contribution < -0.4 is 20.7 Å². The van der Waals surface area contributed by atoms with Gasteiger partial charge in [0, 0.05) is 37.0 Å². The number of ether oxygens (including phenoxy) is 1. The summed E-state index contributed by atoms with van der Waals surface area (Å²) in [6.07, 6.45) is 3.57. The van der Waals surface area contributed by atoms with Crippen LogP contribution in [-0.2, 0) is 17.9 Å². The molecular formula is C19H22N4O3. The van der Waals surface area contributed by atoms with E-state index in [0.29, 0.717) is 19.0 Å². The second kappa shape index (κ2) is 8.33. The van der Waals surface area contributed by atoms with Crippen LogP contribution in [0.1, 0.15) is 24.0 Å². The maximum atomic E-state index is 12.0. The van der Waals surface area contributed by atoms with Gasteiger partial charge in [-0.15, -0.1) is 0 Å². The average Bonchev–Trinajstić information content (AvgIpc) is 3.50. The standard InChI is InChI=1S/C19H22N4O3/c1-26-17-10-14(7-8-20-17)12-22-19(25)21-11-13-3-2-4-16(9-13)23-18(24)15-5-6-15/h2-4,7-10,15H,5-6,11-12H2,1H3,(H,23,24)(H2,21,22,25). The van der Waals surface area contributed by atoms with Gasteiger partial charge < -0.3 is 20.7 Å². The lowest BCUT2D eigenvalue weighted by molar-refractivity contribution is -0.117. The zero-order chi connectivity index (χ0) is 18.4. The summed E-state index contributed by atoms with van der Waals surface area (Å²) < 4.78 is 5.05. The fraction of sp³-hybridized carbons (Fsp3) is 0.316. The summed E-state index contributed by atoms with van der Waals surface area (Å²) in [5, 5.41) is 8.50. The normalized spacial score (nSPS) is 13.0. The Hall–Kier alpha value is -3.09. The molecule has 3 N–H and O–H groups in total. The van der Waals surface area contributed by atoms with E-state index in [1.807, 2.05) is 30.3 Å².